The monoisotopic (exact) mass is 286 g/mol. The van der Waals surface area contributed by atoms with E-state index in [0.29, 0.717) is 30.1 Å². The Kier molecular flexibility index (Phi) is 5.72. The first-order chi connectivity index (χ1) is 8.90. The van der Waals surface area contributed by atoms with Crippen LogP contribution in [0, 0.1) is 10.1 Å². The van der Waals surface area contributed by atoms with Crippen molar-refractivity contribution < 1.29 is 14.8 Å². The first-order valence-electron chi connectivity index (χ1n) is 5.73. The predicted molar refractivity (Wildman–Crippen MR) is 71.3 cm³/mol. The van der Waals surface area contributed by atoms with Crippen LogP contribution in [0.3, 0.4) is 0 Å². The highest BCUT2D eigenvalue weighted by atomic mass is 35.5. The summed E-state index contributed by atoms with van der Waals surface area (Å²) in [6.07, 6.45) is 0.630. The number of non-ortho nitro benzene ring substituents is 1. The number of carbonyl (C=O) groups is 1. The van der Waals surface area contributed by atoms with Gasteiger partial charge in [0.05, 0.1) is 4.92 Å². The van der Waals surface area contributed by atoms with Crippen LogP contribution < -0.4 is 0 Å². The van der Waals surface area contributed by atoms with Crippen LogP contribution in [0.1, 0.15) is 18.4 Å². The Hall–Kier alpha value is -1.66. The van der Waals surface area contributed by atoms with Crippen molar-refractivity contribution in [3.05, 3.63) is 38.9 Å². The van der Waals surface area contributed by atoms with E-state index < -0.39 is 10.9 Å². The molecule has 0 spiro atoms. The van der Waals surface area contributed by atoms with Crippen molar-refractivity contribution in [1.29, 1.82) is 0 Å². The Morgan fingerprint density at radius 3 is 2.79 bits per heavy atom. The maximum atomic E-state index is 10.7. The number of hydrogen-bond acceptors (Lipinski definition) is 4. The summed E-state index contributed by atoms with van der Waals surface area (Å²) in [5, 5.41) is 19.7. The number of nitro groups is 1. The quantitative estimate of drug-likeness (QED) is 0.615. The Morgan fingerprint density at radius 2 is 2.21 bits per heavy atom. The Bertz CT molecular complexity index is 479. The second kappa shape index (κ2) is 7.06. The molecule has 0 aliphatic carbocycles. The van der Waals surface area contributed by atoms with E-state index in [4.69, 9.17) is 16.7 Å². The number of nitro benzene ring substituents is 1. The number of aliphatic carboxylic acids is 1. The standard InChI is InChI=1S/C12H15ClN2O4/c1-14(6-2-3-12(16)17)8-9-7-10(15(18)19)4-5-11(9)13/h4-5,7H,2-3,6,8H2,1H3,(H,16,17). The number of benzene rings is 1. The van der Waals surface area contributed by atoms with Crippen LogP contribution in [0.15, 0.2) is 18.2 Å². The van der Waals surface area contributed by atoms with Crippen LogP contribution in [-0.2, 0) is 11.3 Å². The van der Waals surface area contributed by atoms with Crippen molar-refractivity contribution >= 4 is 23.3 Å². The van der Waals surface area contributed by atoms with E-state index in [1.165, 1.54) is 18.2 Å². The number of halogens is 1. The molecule has 104 valence electrons. The molecule has 1 aromatic rings. The minimum atomic E-state index is -0.832. The fourth-order valence-corrected chi connectivity index (χ4v) is 1.84. The van der Waals surface area contributed by atoms with Crippen molar-refractivity contribution in [2.24, 2.45) is 0 Å². The zero-order valence-corrected chi connectivity index (χ0v) is 11.3. The summed E-state index contributed by atoms with van der Waals surface area (Å²) in [5.41, 5.74) is 0.659. The molecule has 0 saturated carbocycles. The van der Waals surface area contributed by atoms with Gasteiger partial charge >= 0.3 is 5.97 Å². The molecular formula is C12H15ClN2O4. The van der Waals surface area contributed by atoms with Gasteiger partial charge in [-0.1, -0.05) is 11.6 Å². The largest absolute Gasteiger partial charge is 0.481 e. The van der Waals surface area contributed by atoms with Crippen LogP contribution in [0.2, 0.25) is 5.02 Å². The molecule has 0 bridgehead atoms. The lowest BCUT2D eigenvalue weighted by atomic mass is 10.2. The average molecular weight is 287 g/mol. The summed E-state index contributed by atoms with van der Waals surface area (Å²) in [7, 11) is 1.82. The summed E-state index contributed by atoms with van der Waals surface area (Å²) in [6.45, 7) is 1.03. The highest BCUT2D eigenvalue weighted by Crippen LogP contribution is 2.23. The van der Waals surface area contributed by atoms with Crippen molar-refractivity contribution in [1.82, 2.24) is 4.90 Å². The van der Waals surface area contributed by atoms with Gasteiger partial charge in [0.25, 0.3) is 5.69 Å². The minimum Gasteiger partial charge on any atom is -0.481 e. The van der Waals surface area contributed by atoms with Crippen molar-refractivity contribution in [2.45, 2.75) is 19.4 Å². The number of carboxylic acids is 1. The Labute approximate surface area is 115 Å². The summed E-state index contributed by atoms with van der Waals surface area (Å²) >= 11 is 5.99. The van der Waals surface area contributed by atoms with Gasteiger partial charge in [0.1, 0.15) is 0 Å². The van der Waals surface area contributed by atoms with E-state index in [-0.39, 0.29) is 12.1 Å². The Balaban J connectivity index is 2.62. The third kappa shape index (κ3) is 5.23. The van der Waals surface area contributed by atoms with Crippen LogP contribution in [0.4, 0.5) is 5.69 Å². The average Bonchev–Trinajstić information content (AvgIpc) is 2.31. The highest BCUT2D eigenvalue weighted by molar-refractivity contribution is 6.31. The van der Waals surface area contributed by atoms with Crippen LogP contribution in [0.5, 0.6) is 0 Å². The van der Waals surface area contributed by atoms with Crippen LogP contribution >= 0.6 is 11.6 Å². The lowest BCUT2D eigenvalue weighted by Crippen LogP contribution is -2.20. The maximum absolute atomic E-state index is 10.7. The normalized spacial score (nSPS) is 10.7. The molecule has 0 aliphatic rings. The van der Waals surface area contributed by atoms with E-state index in [9.17, 15) is 14.9 Å². The molecule has 0 aromatic heterocycles. The third-order valence-corrected chi connectivity index (χ3v) is 2.98. The van der Waals surface area contributed by atoms with Gasteiger partial charge in [-0.2, -0.15) is 0 Å². The molecule has 1 N–H and O–H groups in total. The third-order valence-electron chi connectivity index (χ3n) is 2.61. The van der Waals surface area contributed by atoms with Gasteiger partial charge in [-0.25, -0.2) is 0 Å². The lowest BCUT2D eigenvalue weighted by molar-refractivity contribution is -0.384. The molecule has 1 rings (SSSR count). The fourth-order valence-electron chi connectivity index (χ4n) is 1.67. The van der Waals surface area contributed by atoms with Crippen LogP contribution in [-0.4, -0.2) is 34.5 Å². The predicted octanol–water partition coefficient (Wildman–Crippen LogP) is 2.54. The lowest BCUT2D eigenvalue weighted by Gasteiger charge is -2.16. The van der Waals surface area contributed by atoms with Gasteiger partial charge in [-0.05, 0) is 31.6 Å². The molecule has 7 heteroatoms. The second-order valence-corrected chi connectivity index (χ2v) is 4.68. The van der Waals surface area contributed by atoms with Crippen molar-refractivity contribution in [3.63, 3.8) is 0 Å². The SMILES string of the molecule is CN(CCCC(=O)O)Cc1cc([N+](=O)[O-])ccc1Cl. The summed E-state index contributed by atoms with van der Waals surface area (Å²) < 4.78 is 0. The number of hydrogen-bond donors (Lipinski definition) is 1. The summed E-state index contributed by atoms with van der Waals surface area (Å²) in [4.78, 5) is 22.5. The van der Waals surface area contributed by atoms with Crippen molar-refractivity contribution in [3.8, 4) is 0 Å². The zero-order chi connectivity index (χ0) is 14.4. The van der Waals surface area contributed by atoms with Gasteiger partial charge in [0.2, 0.25) is 0 Å². The molecule has 0 amide bonds. The first kappa shape index (κ1) is 15.4. The molecule has 0 fully saturated rings. The molecule has 0 saturated heterocycles. The van der Waals surface area contributed by atoms with E-state index in [2.05, 4.69) is 0 Å². The van der Waals surface area contributed by atoms with Crippen LogP contribution in [0.25, 0.3) is 0 Å². The first-order valence-corrected chi connectivity index (χ1v) is 6.11. The van der Waals surface area contributed by atoms with Gasteiger partial charge in [-0.3, -0.25) is 14.9 Å². The molecule has 0 radical (unpaired) electrons. The second-order valence-electron chi connectivity index (χ2n) is 4.27. The molecule has 0 unspecified atom stereocenters. The van der Waals surface area contributed by atoms with Gasteiger partial charge < -0.3 is 10.0 Å². The van der Waals surface area contributed by atoms with Gasteiger partial charge in [0.15, 0.2) is 0 Å². The molecular weight excluding hydrogens is 272 g/mol. The van der Waals surface area contributed by atoms with E-state index in [0.717, 1.165) is 0 Å². The highest BCUT2D eigenvalue weighted by Gasteiger charge is 2.11. The molecule has 19 heavy (non-hydrogen) atoms. The fraction of sp³-hybridized carbons (Fsp3) is 0.417. The summed E-state index contributed by atoms with van der Waals surface area (Å²) in [5.74, 6) is -0.832. The van der Waals surface area contributed by atoms with E-state index >= 15 is 0 Å². The smallest absolute Gasteiger partial charge is 0.303 e. The molecule has 1 aromatic carbocycles. The molecule has 0 atom stereocenters. The Morgan fingerprint density at radius 1 is 1.53 bits per heavy atom. The topological polar surface area (TPSA) is 83.7 Å². The minimum absolute atomic E-state index is 0.00154. The maximum Gasteiger partial charge on any atom is 0.303 e. The number of rotatable bonds is 7. The van der Waals surface area contributed by atoms with Gasteiger partial charge in [0, 0.05) is 30.1 Å². The number of nitrogens with zero attached hydrogens (tertiary/aromatic N) is 2. The van der Waals surface area contributed by atoms with Gasteiger partial charge in [-0.15, -0.1) is 0 Å². The number of carboxylic acid groups (broad SMARTS) is 1. The molecule has 0 aliphatic heterocycles. The summed E-state index contributed by atoms with van der Waals surface area (Å²) in [6, 6.07) is 4.30. The van der Waals surface area contributed by atoms with E-state index in [1.54, 1.807) is 0 Å². The van der Waals surface area contributed by atoms with E-state index in [1.807, 2.05) is 11.9 Å². The molecule has 6 nitrogen and oxygen atoms in total. The zero-order valence-electron chi connectivity index (χ0n) is 10.5. The molecule has 0 heterocycles. The van der Waals surface area contributed by atoms with Crippen molar-refractivity contribution in [2.75, 3.05) is 13.6 Å².